The Kier molecular flexibility index (Phi) is 5.54. The van der Waals surface area contributed by atoms with E-state index in [4.69, 9.17) is 0 Å². The quantitative estimate of drug-likeness (QED) is 0.618. The van der Waals surface area contributed by atoms with E-state index in [0.29, 0.717) is 13.1 Å². The molecule has 2 aliphatic heterocycles. The Morgan fingerprint density at radius 3 is 2.48 bits per heavy atom. The van der Waals surface area contributed by atoms with E-state index in [1.807, 2.05) is 0 Å². The highest BCUT2D eigenvalue weighted by molar-refractivity contribution is 7.92. The first-order valence-corrected chi connectivity index (χ1v) is 12.3. The minimum Gasteiger partial charge on any atom is -0.310 e. The summed E-state index contributed by atoms with van der Waals surface area (Å²) in [5.74, 6) is -0.520. The summed E-state index contributed by atoms with van der Waals surface area (Å²) in [6.07, 6.45) is 0.966. The molecule has 1 fully saturated rings. The second-order valence-electron chi connectivity index (χ2n) is 8.77. The second-order valence-corrected chi connectivity index (χ2v) is 10.5. The van der Waals surface area contributed by atoms with Gasteiger partial charge in [-0.15, -0.1) is 0 Å². The molecule has 2 aliphatic rings. The molecule has 1 N–H and O–H groups in total. The van der Waals surface area contributed by atoms with Crippen molar-refractivity contribution < 1.29 is 17.2 Å². The Hall–Kier alpha value is -3.04. The third-order valence-electron chi connectivity index (χ3n) is 6.35. The number of benzene rings is 2. The van der Waals surface area contributed by atoms with Gasteiger partial charge in [0.15, 0.2) is 0 Å². The maximum absolute atomic E-state index is 13.5. The molecule has 2 atom stereocenters. The number of hydrogen-bond acceptors (Lipinski definition) is 4. The van der Waals surface area contributed by atoms with Gasteiger partial charge in [0.25, 0.3) is 15.6 Å². The van der Waals surface area contributed by atoms with Crippen LogP contribution in [0.2, 0.25) is 0 Å². The van der Waals surface area contributed by atoms with E-state index in [-0.39, 0.29) is 28.2 Å². The van der Waals surface area contributed by atoms with Gasteiger partial charge in [-0.25, -0.2) is 17.2 Å². The Labute approximate surface area is 190 Å². The first-order chi connectivity index (χ1) is 15.8. The van der Waals surface area contributed by atoms with Gasteiger partial charge in [-0.1, -0.05) is 18.2 Å². The van der Waals surface area contributed by atoms with Gasteiger partial charge in [0.1, 0.15) is 17.3 Å². The van der Waals surface area contributed by atoms with Crippen LogP contribution in [0.5, 0.6) is 0 Å². The molecular formula is C24H23F2N3O3S. The monoisotopic (exact) mass is 471 g/mol. The second kappa shape index (κ2) is 8.39. The molecule has 6 nitrogen and oxygen atoms in total. The molecule has 172 valence electrons. The smallest absolute Gasteiger partial charge is 0.275 e. The highest BCUT2D eigenvalue weighted by Gasteiger charge is 2.35. The number of hydrogen-bond donors (Lipinski definition) is 1. The normalized spacial score (nSPS) is 20.3. The molecule has 9 heteroatoms. The number of halogens is 2. The molecule has 2 aromatic carbocycles. The van der Waals surface area contributed by atoms with E-state index < -0.39 is 21.4 Å². The summed E-state index contributed by atoms with van der Waals surface area (Å²) in [5.41, 5.74) is 1.48. The van der Waals surface area contributed by atoms with Gasteiger partial charge in [0, 0.05) is 37.8 Å². The van der Waals surface area contributed by atoms with Gasteiger partial charge < -0.3 is 4.57 Å². The van der Waals surface area contributed by atoms with E-state index in [0.717, 1.165) is 42.9 Å². The lowest BCUT2D eigenvalue weighted by Crippen LogP contribution is -2.47. The Bertz CT molecular complexity index is 1360. The molecule has 0 aliphatic carbocycles. The van der Waals surface area contributed by atoms with E-state index in [1.165, 1.54) is 30.3 Å². The molecule has 3 aromatic rings. The van der Waals surface area contributed by atoms with E-state index in [1.54, 1.807) is 22.8 Å². The van der Waals surface area contributed by atoms with Crippen molar-refractivity contribution in [3.05, 3.63) is 93.9 Å². The molecule has 0 radical (unpaired) electrons. The van der Waals surface area contributed by atoms with Crippen LogP contribution in [-0.4, -0.2) is 31.0 Å². The zero-order valence-corrected chi connectivity index (χ0v) is 18.6. The predicted molar refractivity (Wildman–Crippen MR) is 120 cm³/mol. The molecule has 3 heterocycles. The molecule has 1 aromatic heterocycles. The number of fused-ring (bicyclic) bond motifs is 4. The molecule has 33 heavy (non-hydrogen) atoms. The third-order valence-corrected chi connectivity index (χ3v) is 7.71. The first-order valence-electron chi connectivity index (χ1n) is 10.8. The fourth-order valence-electron chi connectivity index (χ4n) is 4.94. The van der Waals surface area contributed by atoms with Crippen LogP contribution < -0.4 is 10.3 Å². The first kappa shape index (κ1) is 21.8. The van der Waals surface area contributed by atoms with Crippen molar-refractivity contribution in [3.63, 3.8) is 0 Å². The number of aromatic nitrogens is 1. The SMILES string of the molecule is O=c1c(NS(=O)(=O)c2cccc(F)c2)ccc2n1C[C@H]1C[C@@H]2CN(Cc2ccc(F)cc2)C1. The van der Waals surface area contributed by atoms with Crippen LogP contribution in [-0.2, 0) is 23.1 Å². The lowest BCUT2D eigenvalue weighted by atomic mass is 9.83. The maximum Gasteiger partial charge on any atom is 0.275 e. The lowest BCUT2D eigenvalue weighted by molar-refractivity contribution is 0.114. The van der Waals surface area contributed by atoms with E-state index in [2.05, 4.69) is 9.62 Å². The van der Waals surface area contributed by atoms with Crippen molar-refractivity contribution >= 4 is 15.7 Å². The fourth-order valence-corrected chi connectivity index (χ4v) is 6.03. The highest BCUT2D eigenvalue weighted by Crippen LogP contribution is 2.36. The summed E-state index contributed by atoms with van der Waals surface area (Å²) >= 11 is 0. The number of piperidine rings is 1. The zero-order chi connectivity index (χ0) is 23.2. The molecule has 0 spiro atoms. The van der Waals surface area contributed by atoms with Gasteiger partial charge in [0.05, 0.1) is 4.90 Å². The summed E-state index contributed by atoms with van der Waals surface area (Å²) in [7, 11) is -4.09. The van der Waals surface area contributed by atoms with Gasteiger partial charge >= 0.3 is 0 Å². The number of likely N-dealkylation sites (tertiary alicyclic amines) is 1. The van der Waals surface area contributed by atoms with Gasteiger partial charge in [-0.05, 0) is 60.4 Å². The van der Waals surface area contributed by atoms with Gasteiger partial charge in [-0.2, -0.15) is 0 Å². The average Bonchev–Trinajstić information content (AvgIpc) is 2.77. The highest BCUT2D eigenvalue weighted by atomic mass is 32.2. The fraction of sp³-hybridized carbons (Fsp3) is 0.292. The molecular weight excluding hydrogens is 448 g/mol. The largest absolute Gasteiger partial charge is 0.310 e. The summed E-state index contributed by atoms with van der Waals surface area (Å²) in [6.45, 7) is 2.78. The summed E-state index contributed by atoms with van der Waals surface area (Å²) in [4.78, 5) is 15.2. The number of anilines is 1. The standard InChI is InChI=1S/C24H23F2N3O3S/c25-19-6-4-16(5-7-19)12-28-13-17-10-18(15-28)23-9-8-22(24(30)29(23)14-17)27-33(31,32)21-3-1-2-20(26)11-21/h1-9,11,17-18,27H,10,12-15H2/t17-,18+/m0/s1. The van der Waals surface area contributed by atoms with Crippen molar-refractivity contribution in [1.29, 1.82) is 0 Å². The van der Waals surface area contributed by atoms with Crippen LogP contribution in [0.3, 0.4) is 0 Å². The van der Waals surface area contributed by atoms with E-state index in [9.17, 15) is 22.0 Å². The van der Waals surface area contributed by atoms with E-state index >= 15 is 0 Å². The number of rotatable bonds is 5. The summed E-state index contributed by atoms with van der Waals surface area (Å²) in [6, 6.07) is 14.4. The average molecular weight is 472 g/mol. The van der Waals surface area contributed by atoms with Gasteiger partial charge in [0.2, 0.25) is 0 Å². The van der Waals surface area contributed by atoms with Crippen molar-refractivity contribution in [2.24, 2.45) is 5.92 Å². The molecule has 0 amide bonds. The van der Waals surface area contributed by atoms with Gasteiger partial charge in [-0.3, -0.25) is 14.4 Å². The molecule has 1 saturated heterocycles. The number of sulfonamides is 1. The summed E-state index contributed by atoms with van der Waals surface area (Å²) < 4.78 is 56.0. The van der Waals surface area contributed by atoms with Crippen LogP contribution in [0.1, 0.15) is 23.6 Å². The molecule has 2 bridgehead atoms. The lowest BCUT2D eigenvalue weighted by Gasteiger charge is -2.43. The van der Waals surface area contributed by atoms with Crippen molar-refractivity contribution in [3.8, 4) is 0 Å². The van der Waals surface area contributed by atoms with Crippen LogP contribution in [0, 0.1) is 17.6 Å². The Morgan fingerprint density at radius 1 is 0.939 bits per heavy atom. The topological polar surface area (TPSA) is 71.4 Å². The molecule has 5 rings (SSSR count). The number of pyridine rings is 1. The van der Waals surface area contributed by atoms with Crippen molar-refractivity contribution in [2.75, 3.05) is 17.8 Å². The predicted octanol–water partition coefficient (Wildman–Crippen LogP) is 3.55. The maximum atomic E-state index is 13.5. The van der Waals surface area contributed by atoms with Crippen LogP contribution in [0.15, 0.2) is 70.4 Å². The van der Waals surface area contributed by atoms with Crippen molar-refractivity contribution in [1.82, 2.24) is 9.47 Å². The minimum atomic E-state index is -4.09. The Balaban J connectivity index is 1.38. The van der Waals surface area contributed by atoms with Crippen LogP contribution >= 0.6 is 0 Å². The summed E-state index contributed by atoms with van der Waals surface area (Å²) in [5, 5.41) is 0. The number of nitrogens with one attached hydrogen (secondary N) is 1. The Morgan fingerprint density at radius 2 is 1.73 bits per heavy atom. The van der Waals surface area contributed by atoms with Crippen LogP contribution in [0.4, 0.5) is 14.5 Å². The molecule has 0 unspecified atom stereocenters. The number of nitrogens with zero attached hydrogens (tertiary/aromatic N) is 2. The van der Waals surface area contributed by atoms with Crippen LogP contribution in [0.25, 0.3) is 0 Å². The van der Waals surface area contributed by atoms with Crippen molar-refractivity contribution in [2.45, 2.75) is 30.3 Å². The molecule has 0 saturated carbocycles. The third kappa shape index (κ3) is 4.43. The zero-order valence-electron chi connectivity index (χ0n) is 17.7. The minimum absolute atomic E-state index is 0.0499.